The van der Waals surface area contributed by atoms with Crippen LogP contribution in [0.5, 0.6) is 5.75 Å². The molecule has 80 valence electrons. The number of hydrogen-bond donors (Lipinski definition) is 2. The first-order valence-electron chi connectivity index (χ1n) is 4.76. The zero-order valence-electron chi connectivity index (χ0n) is 8.82. The topological polar surface area (TPSA) is 61.7 Å². The van der Waals surface area contributed by atoms with Gasteiger partial charge >= 0.3 is 0 Å². The second kappa shape index (κ2) is 5.14. The summed E-state index contributed by atoms with van der Waals surface area (Å²) in [5, 5.41) is 13.1. The van der Waals surface area contributed by atoms with Gasteiger partial charge in [0.05, 0.1) is 5.71 Å². The van der Waals surface area contributed by atoms with Gasteiger partial charge in [0.1, 0.15) is 5.75 Å². The Morgan fingerprint density at radius 3 is 2.47 bits per heavy atom. The summed E-state index contributed by atoms with van der Waals surface area (Å²) >= 11 is 0. The van der Waals surface area contributed by atoms with E-state index >= 15 is 0 Å². The molecule has 0 bridgehead atoms. The third-order valence-electron chi connectivity index (χ3n) is 1.88. The fraction of sp³-hybridized carbons (Fsp3) is 0.273. The van der Waals surface area contributed by atoms with E-state index in [0.29, 0.717) is 6.42 Å². The molecule has 0 aliphatic rings. The number of rotatable bonds is 3. The molecule has 0 fully saturated rings. The van der Waals surface area contributed by atoms with E-state index in [1.807, 2.05) is 6.92 Å². The molecule has 1 aromatic carbocycles. The summed E-state index contributed by atoms with van der Waals surface area (Å²) in [5.41, 5.74) is 4.07. The van der Waals surface area contributed by atoms with Crippen molar-refractivity contribution in [2.24, 2.45) is 5.10 Å². The molecule has 4 heteroatoms. The molecule has 0 aromatic heterocycles. The van der Waals surface area contributed by atoms with Crippen LogP contribution in [0.4, 0.5) is 0 Å². The number of phenolic OH excluding ortho intramolecular Hbond substituents is 1. The summed E-state index contributed by atoms with van der Waals surface area (Å²) in [5.74, 6) is 0.0217. The lowest BCUT2D eigenvalue weighted by molar-refractivity contribution is -0.118. The normalized spacial score (nSPS) is 11.2. The number of carbonyl (C=O) groups excluding carboxylic acids is 1. The summed E-state index contributed by atoms with van der Waals surface area (Å²) in [6.07, 6.45) is 0.713. The molecule has 0 spiro atoms. The minimum absolute atomic E-state index is 0.195. The lowest BCUT2D eigenvalue weighted by Crippen LogP contribution is -2.16. The molecule has 0 heterocycles. The van der Waals surface area contributed by atoms with E-state index in [2.05, 4.69) is 10.5 Å². The van der Waals surface area contributed by atoms with E-state index in [4.69, 9.17) is 5.11 Å². The summed E-state index contributed by atoms with van der Waals surface area (Å²) in [6.45, 7) is 3.36. The predicted molar refractivity (Wildman–Crippen MR) is 58.8 cm³/mol. The summed E-state index contributed by atoms with van der Waals surface area (Å²) in [7, 11) is 0. The van der Waals surface area contributed by atoms with Gasteiger partial charge in [-0.15, -0.1) is 0 Å². The molecule has 0 radical (unpaired) electrons. The number of amides is 1. The highest BCUT2D eigenvalue weighted by Gasteiger charge is 2.01. The molecule has 0 saturated carbocycles. The van der Waals surface area contributed by atoms with Crippen molar-refractivity contribution in [3.63, 3.8) is 0 Å². The van der Waals surface area contributed by atoms with E-state index in [1.54, 1.807) is 24.3 Å². The summed E-state index contributed by atoms with van der Waals surface area (Å²) < 4.78 is 0. The Bertz CT molecular complexity index is 369. The Morgan fingerprint density at radius 1 is 1.40 bits per heavy atom. The quantitative estimate of drug-likeness (QED) is 0.583. The van der Waals surface area contributed by atoms with Crippen molar-refractivity contribution in [2.45, 2.75) is 20.3 Å². The van der Waals surface area contributed by atoms with Gasteiger partial charge in [0, 0.05) is 6.92 Å². The van der Waals surface area contributed by atoms with Gasteiger partial charge in [-0.25, -0.2) is 5.43 Å². The molecule has 0 unspecified atom stereocenters. The van der Waals surface area contributed by atoms with Crippen LogP contribution in [0.2, 0.25) is 0 Å². The first-order valence-corrected chi connectivity index (χ1v) is 4.76. The number of nitrogens with zero attached hydrogens (tertiary/aromatic N) is 1. The molecule has 0 aliphatic carbocycles. The number of hydrogen-bond acceptors (Lipinski definition) is 3. The molecule has 2 N–H and O–H groups in total. The Hall–Kier alpha value is -1.84. The van der Waals surface area contributed by atoms with E-state index in [-0.39, 0.29) is 11.7 Å². The van der Waals surface area contributed by atoms with Gasteiger partial charge in [-0.3, -0.25) is 4.79 Å². The Morgan fingerprint density at radius 2 is 2.00 bits per heavy atom. The van der Waals surface area contributed by atoms with Gasteiger partial charge in [0.2, 0.25) is 5.91 Å². The molecule has 1 amide bonds. The zero-order valence-corrected chi connectivity index (χ0v) is 8.82. The number of hydrazone groups is 1. The molecule has 1 rings (SSSR count). The van der Waals surface area contributed by atoms with Crippen LogP contribution in [0.1, 0.15) is 25.8 Å². The number of carbonyl (C=O) groups is 1. The van der Waals surface area contributed by atoms with E-state index in [1.165, 1.54) is 6.92 Å². The van der Waals surface area contributed by atoms with Gasteiger partial charge < -0.3 is 5.11 Å². The average molecular weight is 206 g/mol. The van der Waals surface area contributed by atoms with Crippen LogP contribution in [-0.2, 0) is 4.79 Å². The second-order valence-corrected chi connectivity index (χ2v) is 3.13. The van der Waals surface area contributed by atoms with Crippen molar-refractivity contribution < 1.29 is 9.90 Å². The van der Waals surface area contributed by atoms with Crippen molar-refractivity contribution in [1.29, 1.82) is 0 Å². The minimum atomic E-state index is -0.195. The van der Waals surface area contributed by atoms with Gasteiger partial charge in [-0.2, -0.15) is 5.10 Å². The molecule has 0 atom stereocenters. The largest absolute Gasteiger partial charge is 0.508 e. The van der Waals surface area contributed by atoms with Crippen LogP contribution in [0.15, 0.2) is 29.4 Å². The van der Waals surface area contributed by atoms with E-state index < -0.39 is 0 Å². The van der Waals surface area contributed by atoms with Gasteiger partial charge in [-0.1, -0.05) is 6.92 Å². The maximum atomic E-state index is 10.7. The minimum Gasteiger partial charge on any atom is -0.508 e. The van der Waals surface area contributed by atoms with Crippen LogP contribution < -0.4 is 5.43 Å². The average Bonchev–Trinajstić information content (AvgIpc) is 2.21. The molecular weight excluding hydrogens is 192 g/mol. The maximum Gasteiger partial charge on any atom is 0.236 e. The van der Waals surface area contributed by atoms with Crippen LogP contribution in [0.25, 0.3) is 0 Å². The molecule has 15 heavy (non-hydrogen) atoms. The highest BCUT2D eigenvalue weighted by molar-refractivity contribution is 6.00. The van der Waals surface area contributed by atoms with Gasteiger partial charge in [0.25, 0.3) is 0 Å². The Balaban J connectivity index is 2.87. The third-order valence-corrected chi connectivity index (χ3v) is 1.88. The first kappa shape index (κ1) is 11.2. The number of nitrogens with one attached hydrogen (secondary N) is 1. The number of phenols is 1. The van der Waals surface area contributed by atoms with Crippen molar-refractivity contribution in [3.8, 4) is 5.75 Å². The predicted octanol–water partition coefficient (Wildman–Crippen LogP) is 1.64. The second-order valence-electron chi connectivity index (χ2n) is 3.13. The third kappa shape index (κ3) is 3.42. The van der Waals surface area contributed by atoms with Crippen molar-refractivity contribution >= 4 is 11.6 Å². The van der Waals surface area contributed by atoms with Crippen LogP contribution in [0.3, 0.4) is 0 Å². The van der Waals surface area contributed by atoms with Crippen LogP contribution in [0, 0.1) is 0 Å². The van der Waals surface area contributed by atoms with Crippen molar-refractivity contribution in [1.82, 2.24) is 5.43 Å². The Labute approximate surface area is 88.6 Å². The molecule has 1 aromatic rings. The highest BCUT2D eigenvalue weighted by Crippen LogP contribution is 2.11. The lowest BCUT2D eigenvalue weighted by atomic mass is 10.1. The molecule has 0 saturated heterocycles. The maximum absolute atomic E-state index is 10.7. The van der Waals surface area contributed by atoms with Crippen molar-refractivity contribution in [2.75, 3.05) is 0 Å². The van der Waals surface area contributed by atoms with Crippen molar-refractivity contribution in [3.05, 3.63) is 29.8 Å². The summed E-state index contributed by atoms with van der Waals surface area (Å²) in [4.78, 5) is 10.7. The standard InChI is InChI=1S/C11H14N2O2/c1-3-11(13-12-8(2)14)9-4-6-10(15)7-5-9/h4-7,15H,3H2,1-2H3,(H,12,14)/b13-11+. The Kier molecular flexibility index (Phi) is 3.85. The molecule has 0 aliphatic heterocycles. The molecule has 4 nitrogen and oxygen atoms in total. The zero-order chi connectivity index (χ0) is 11.3. The lowest BCUT2D eigenvalue weighted by Gasteiger charge is -2.03. The SMILES string of the molecule is CC/C(=N\NC(C)=O)c1ccc(O)cc1. The van der Waals surface area contributed by atoms with Gasteiger partial charge in [-0.05, 0) is 36.2 Å². The van der Waals surface area contributed by atoms with E-state index in [9.17, 15) is 4.79 Å². The number of benzene rings is 1. The van der Waals surface area contributed by atoms with E-state index in [0.717, 1.165) is 11.3 Å². The van der Waals surface area contributed by atoms with Crippen LogP contribution in [-0.4, -0.2) is 16.7 Å². The van der Waals surface area contributed by atoms with Gasteiger partial charge in [0.15, 0.2) is 0 Å². The smallest absolute Gasteiger partial charge is 0.236 e. The molecular formula is C11H14N2O2. The fourth-order valence-corrected chi connectivity index (χ4v) is 1.15. The highest BCUT2D eigenvalue weighted by atomic mass is 16.3. The monoisotopic (exact) mass is 206 g/mol. The first-order chi connectivity index (χ1) is 7.13. The van der Waals surface area contributed by atoms with Crippen LogP contribution >= 0.6 is 0 Å². The number of aromatic hydroxyl groups is 1. The summed E-state index contributed by atoms with van der Waals surface area (Å²) in [6, 6.07) is 6.71. The fourth-order valence-electron chi connectivity index (χ4n) is 1.15.